The third-order valence-corrected chi connectivity index (χ3v) is 4.33. The summed E-state index contributed by atoms with van der Waals surface area (Å²) in [6, 6.07) is 2.63. The molecule has 1 fully saturated rings. The first-order chi connectivity index (χ1) is 12.3. The Morgan fingerprint density at radius 1 is 1.31 bits per heavy atom. The summed E-state index contributed by atoms with van der Waals surface area (Å²) in [5.41, 5.74) is -0.827. The Hall–Kier alpha value is -2.55. The number of ether oxygens (including phenoxy) is 2. The molecular formula is C17H18F2N2O5. The molecule has 1 saturated heterocycles. The largest absolute Gasteiger partial charge is 0.467 e. The van der Waals surface area contributed by atoms with Crippen molar-refractivity contribution in [2.45, 2.75) is 37.5 Å². The number of halogens is 2. The van der Waals surface area contributed by atoms with Crippen LogP contribution in [-0.2, 0) is 23.9 Å². The highest BCUT2D eigenvalue weighted by atomic mass is 19.1. The van der Waals surface area contributed by atoms with Crippen LogP contribution >= 0.6 is 0 Å². The van der Waals surface area contributed by atoms with E-state index in [1.165, 1.54) is 14.0 Å². The Morgan fingerprint density at radius 3 is 2.65 bits per heavy atom. The molecule has 26 heavy (non-hydrogen) atoms. The lowest BCUT2D eigenvalue weighted by atomic mass is 9.94. The standard InChI is InChI=1S/C17H18F2N2O5/c1-17(16(23)20-12-6-14(25-8-12)15(22)24-2)7-13(21-26-17)9-3-10(18)5-11(19)4-9/h3-5,12,14H,6-8H2,1-2H3,(H,20,23)/t12?,14?,17-/m1/s1. The van der Waals surface area contributed by atoms with E-state index in [1.807, 2.05) is 0 Å². The summed E-state index contributed by atoms with van der Waals surface area (Å²) in [6.07, 6.45) is -0.378. The molecule has 140 valence electrons. The number of nitrogens with zero attached hydrogens (tertiary/aromatic N) is 1. The fourth-order valence-electron chi connectivity index (χ4n) is 2.90. The number of esters is 1. The van der Waals surface area contributed by atoms with Crippen LogP contribution < -0.4 is 5.32 Å². The first kappa shape index (κ1) is 18.2. The molecule has 2 unspecified atom stereocenters. The molecule has 3 atom stereocenters. The van der Waals surface area contributed by atoms with Crippen molar-refractivity contribution in [3.8, 4) is 0 Å². The van der Waals surface area contributed by atoms with Crippen LogP contribution in [-0.4, -0.2) is 49.1 Å². The van der Waals surface area contributed by atoms with Crippen molar-refractivity contribution in [2.75, 3.05) is 13.7 Å². The molecule has 1 amide bonds. The van der Waals surface area contributed by atoms with Gasteiger partial charge in [-0.25, -0.2) is 13.6 Å². The van der Waals surface area contributed by atoms with E-state index in [1.54, 1.807) is 0 Å². The zero-order chi connectivity index (χ0) is 18.9. The number of hydrogen-bond acceptors (Lipinski definition) is 6. The van der Waals surface area contributed by atoms with Crippen molar-refractivity contribution in [2.24, 2.45) is 5.16 Å². The third kappa shape index (κ3) is 3.67. The monoisotopic (exact) mass is 368 g/mol. The Bertz CT molecular complexity index is 749. The van der Waals surface area contributed by atoms with Crippen LogP contribution in [0.5, 0.6) is 0 Å². The minimum atomic E-state index is -1.32. The van der Waals surface area contributed by atoms with Gasteiger partial charge in [-0.1, -0.05) is 5.16 Å². The molecule has 0 spiro atoms. The summed E-state index contributed by atoms with van der Waals surface area (Å²) in [5.74, 6) is -2.42. The van der Waals surface area contributed by atoms with Crippen molar-refractivity contribution >= 4 is 17.6 Å². The van der Waals surface area contributed by atoms with E-state index in [0.717, 1.165) is 18.2 Å². The second-order valence-corrected chi connectivity index (χ2v) is 6.45. The second-order valence-electron chi connectivity index (χ2n) is 6.45. The topological polar surface area (TPSA) is 86.2 Å². The molecule has 2 aliphatic heterocycles. The number of rotatable bonds is 4. The van der Waals surface area contributed by atoms with Crippen LogP contribution in [0.3, 0.4) is 0 Å². The second kappa shape index (κ2) is 6.99. The average Bonchev–Trinajstić information content (AvgIpc) is 3.21. The smallest absolute Gasteiger partial charge is 0.335 e. The van der Waals surface area contributed by atoms with Gasteiger partial charge in [0.25, 0.3) is 5.91 Å². The van der Waals surface area contributed by atoms with Gasteiger partial charge in [0.05, 0.1) is 25.5 Å². The summed E-state index contributed by atoms with van der Waals surface area (Å²) in [5, 5.41) is 6.56. The number of methoxy groups -OCH3 is 1. The molecule has 1 N–H and O–H groups in total. The Balaban J connectivity index is 1.62. The maximum atomic E-state index is 13.4. The summed E-state index contributed by atoms with van der Waals surface area (Å²) in [7, 11) is 1.26. The number of hydrogen-bond donors (Lipinski definition) is 1. The quantitative estimate of drug-likeness (QED) is 0.810. The predicted octanol–water partition coefficient (Wildman–Crippen LogP) is 1.29. The Labute approximate surface area is 148 Å². The van der Waals surface area contributed by atoms with Gasteiger partial charge in [0, 0.05) is 24.5 Å². The number of benzene rings is 1. The van der Waals surface area contributed by atoms with E-state index in [4.69, 9.17) is 9.57 Å². The molecule has 7 nitrogen and oxygen atoms in total. The first-order valence-corrected chi connectivity index (χ1v) is 8.02. The fraction of sp³-hybridized carbons (Fsp3) is 0.471. The van der Waals surface area contributed by atoms with Crippen molar-refractivity contribution in [1.82, 2.24) is 5.32 Å². The summed E-state index contributed by atoms with van der Waals surface area (Å²) in [4.78, 5) is 29.3. The van der Waals surface area contributed by atoms with E-state index in [0.29, 0.717) is 0 Å². The van der Waals surface area contributed by atoms with Gasteiger partial charge in [-0.15, -0.1) is 0 Å². The molecule has 0 bridgehead atoms. The van der Waals surface area contributed by atoms with Crippen molar-refractivity contribution in [3.63, 3.8) is 0 Å². The van der Waals surface area contributed by atoms with Gasteiger partial charge in [0.1, 0.15) is 11.6 Å². The van der Waals surface area contributed by atoms with Crippen molar-refractivity contribution in [3.05, 3.63) is 35.4 Å². The fourth-order valence-corrected chi connectivity index (χ4v) is 2.90. The molecular weight excluding hydrogens is 350 g/mol. The van der Waals surface area contributed by atoms with Crippen LogP contribution in [0.4, 0.5) is 8.78 Å². The zero-order valence-corrected chi connectivity index (χ0v) is 14.3. The van der Waals surface area contributed by atoms with E-state index in [-0.39, 0.29) is 36.8 Å². The zero-order valence-electron chi connectivity index (χ0n) is 14.3. The molecule has 0 radical (unpaired) electrons. The lowest BCUT2D eigenvalue weighted by Crippen LogP contribution is -2.49. The number of carbonyl (C=O) groups excluding carboxylic acids is 2. The lowest BCUT2D eigenvalue weighted by molar-refractivity contribution is -0.151. The van der Waals surface area contributed by atoms with Crippen LogP contribution in [0, 0.1) is 11.6 Å². The van der Waals surface area contributed by atoms with Crippen LogP contribution in [0.1, 0.15) is 25.3 Å². The molecule has 2 aliphatic rings. The van der Waals surface area contributed by atoms with Gasteiger partial charge < -0.3 is 19.6 Å². The van der Waals surface area contributed by atoms with Crippen LogP contribution in [0.15, 0.2) is 23.4 Å². The van der Waals surface area contributed by atoms with E-state index < -0.39 is 35.2 Å². The van der Waals surface area contributed by atoms with E-state index >= 15 is 0 Å². The lowest BCUT2D eigenvalue weighted by Gasteiger charge is -2.22. The maximum Gasteiger partial charge on any atom is 0.335 e. The van der Waals surface area contributed by atoms with Gasteiger partial charge in [-0.05, 0) is 19.1 Å². The predicted molar refractivity (Wildman–Crippen MR) is 85.3 cm³/mol. The summed E-state index contributed by atoms with van der Waals surface area (Å²) in [6.45, 7) is 1.70. The SMILES string of the molecule is COC(=O)C1CC(NC(=O)[C@@]2(C)CC(c3cc(F)cc(F)c3)=NO2)CO1. The van der Waals surface area contributed by atoms with Crippen LogP contribution in [0.2, 0.25) is 0 Å². The molecule has 0 saturated carbocycles. The Morgan fingerprint density at radius 2 is 2.00 bits per heavy atom. The van der Waals surface area contributed by atoms with E-state index in [2.05, 4.69) is 15.2 Å². The number of oxime groups is 1. The van der Waals surface area contributed by atoms with Crippen LogP contribution in [0.25, 0.3) is 0 Å². The molecule has 0 aliphatic carbocycles. The molecule has 2 heterocycles. The molecule has 1 aromatic rings. The Kier molecular flexibility index (Phi) is 4.90. The highest BCUT2D eigenvalue weighted by Crippen LogP contribution is 2.28. The first-order valence-electron chi connectivity index (χ1n) is 8.02. The molecule has 3 rings (SSSR count). The van der Waals surface area contributed by atoms with Gasteiger partial charge >= 0.3 is 5.97 Å². The highest BCUT2D eigenvalue weighted by Gasteiger charge is 2.44. The minimum absolute atomic E-state index is 0.0513. The summed E-state index contributed by atoms with van der Waals surface area (Å²) >= 11 is 0. The van der Waals surface area contributed by atoms with Crippen molar-refractivity contribution in [1.29, 1.82) is 0 Å². The van der Waals surface area contributed by atoms with Gasteiger partial charge in [0.2, 0.25) is 5.60 Å². The van der Waals surface area contributed by atoms with Gasteiger partial charge in [-0.2, -0.15) is 0 Å². The summed E-state index contributed by atoms with van der Waals surface area (Å²) < 4.78 is 36.6. The molecule has 9 heteroatoms. The van der Waals surface area contributed by atoms with Gasteiger partial charge in [0.15, 0.2) is 6.10 Å². The number of amides is 1. The third-order valence-electron chi connectivity index (χ3n) is 4.33. The number of nitrogens with one attached hydrogen (secondary N) is 1. The maximum absolute atomic E-state index is 13.4. The molecule has 0 aromatic heterocycles. The number of carbonyl (C=O) groups is 2. The average molecular weight is 368 g/mol. The normalized spacial score (nSPS) is 27.6. The van der Waals surface area contributed by atoms with Gasteiger partial charge in [-0.3, -0.25) is 4.79 Å². The van der Waals surface area contributed by atoms with E-state index in [9.17, 15) is 18.4 Å². The van der Waals surface area contributed by atoms with Crippen molar-refractivity contribution < 1.29 is 32.7 Å². The minimum Gasteiger partial charge on any atom is -0.467 e. The highest BCUT2D eigenvalue weighted by molar-refractivity contribution is 6.05. The molecule has 1 aromatic carbocycles.